The van der Waals surface area contributed by atoms with Crippen molar-refractivity contribution in [3.05, 3.63) is 59.6 Å². The second-order valence-electron chi connectivity index (χ2n) is 8.50. The van der Waals surface area contributed by atoms with Gasteiger partial charge in [0.05, 0.1) is 11.4 Å². The smallest absolute Gasteiger partial charge is 0.247 e. The van der Waals surface area contributed by atoms with E-state index in [0.717, 1.165) is 10.7 Å². The summed E-state index contributed by atoms with van der Waals surface area (Å²) in [5, 5.41) is 3.38. The van der Waals surface area contributed by atoms with E-state index in [-0.39, 0.29) is 18.0 Å². The first-order valence-electron chi connectivity index (χ1n) is 10.5. The van der Waals surface area contributed by atoms with Crippen LogP contribution in [0, 0.1) is 5.92 Å². The van der Waals surface area contributed by atoms with Crippen LogP contribution in [0.1, 0.15) is 27.2 Å². The molecule has 1 N–H and O–H groups in total. The van der Waals surface area contributed by atoms with Gasteiger partial charge in [-0.2, -0.15) is 4.31 Å². The van der Waals surface area contributed by atoms with E-state index in [1.807, 2.05) is 13.8 Å². The number of rotatable bonds is 7. The molecule has 2 amide bonds. The van der Waals surface area contributed by atoms with Gasteiger partial charge in [0.15, 0.2) is 0 Å². The molecule has 7 nitrogen and oxygen atoms in total. The fourth-order valence-corrected chi connectivity index (χ4v) is 5.36. The number of carbonyl (C=O) groups excluding carboxylic acids is 2. The maximum Gasteiger partial charge on any atom is 0.247 e. The summed E-state index contributed by atoms with van der Waals surface area (Å²) in [5.74, 6) is -0.507. The third kappa shape index (κ3) is 4.98. The number of hydrogen-bond donors (Lipinski definition) is 1. The first-order chi connectivity index (χ1) is 15.1. The summed E-state index contributed by atoms with van der Waals surface area (Å²) in [5.41, 5.74) is -0.959. The fourth-order valence-electron chi connectivity index (χ4n) is 3.74. The molecule has 9 heteroatoms. The Morgan fingerprint density at radius 3 is 2.34 bits per heavy atom. The molecule has 2 aromatic carbocycles. The molecule has 1 heterocycles. The van der Waals surface area contributed by atoms with E-state index in [9.17, 15) is 18.0 Å². The highest BCUT2D eigenvalue weighted by molar-refractivity contribution is 7.89. The number of anilines is 1. The lowest BCUT2D eigenvalue weighted by molar-refractivity contribution is -0.132. The molecule has 0 aliphatic carbocycles. The molecule has 172 valence electrons. The lowest BCUT2D eigenvalue weighted by Crippen LogP contribution is -2.70. The topological polar surface area (TPSA) is 86.8 Å². The Morgan fingerprint density at radius 1 is 1.12 bits per heavy atom. The summed E-state index contributed by atoms with van der Waals surface area (Å²) in [6, 6.07) is 14.5. The maximum absolute atomic E-state index is 13.4. The Bertz CT molecular complexity index is 1070. The Kier molecular flexibility index (Phi) is 7.27. The van der Waals surface area contributed by atoms with Crippen molar-refractivity contribution in [2.45, 2.75) is 37.6 Å². The van der Waals surface area contributed by atoms with Crippen LogP contribution in [0.2, 0.25) is 5.02 Å². The van der Waals surface area contributed by atoms with E-state index in [2.05, 4.69) is 5.32 Å². The number of halogens is 1. The number of piperazine rings is 1. The molecule has 1 fully saturated rings. The number of carbonyl (C=O) groups is 2. The van der Waals surface area contributed by atoms with Gasteiger partial charge in [-0.05, 0) is 55.7 Å². The van der Waals surface area contributed by atoms with Gasteiger partial charge in [-0.3, -0.25) is 14.5 Å². The number of amides is 2. The summed E-state index contributed by atoms with van der Waals surface area (Å²) in [7, 11) is -3.96. The number of nitrogens with zero attached hydrogens (tertiary/aromatic N) is 2. The van der Waals surface area contributed by atoms with E-state index in [1.165, 1.54) is 17.0 Å². The molecular formula is C23H28ClN3O4S. The van der Waals surface area contributed by atoms with Gasteiger partial charge < -0.3 is 5.32 Å². The van der Waals surface area contributed by atoms with Crippen LogP contribution in [0.3, 0.4) is 0 Å². The predicted octanol–water partition coefficient (Wildman–Crippen LogP) is 3.30. The Morgan fingerprint density at radius 2 is 1.75 bits per heavy atom. The van der Waals surface area contributed by atoms with Crippen LogP contribution in [0.4, 0.5) is 5.69 Å². The van der Waals surface area contributed by atoms with Gasteiger partial charge in [-0.1, -0.05) is 43.6 Å². The van der Waals surface area contributed by atoms with E-state index < -0.39 is 27.4 Å². The maximum atomic E-state index is 13.4. The fraction of sp³-hybridized carbons (Fsp3) is 0.391. The largest absolute Gasteiger partial charge is 0.354 e. The minimum atomic E-state index is -3.96. The van der Waals surface area contributed by atoms with Gasteiger partial charge >= 0.3 is 0 Å². The SMILES string of the molecule is CC(C)CCNC(=O)[C@@]1(C)CN(S(=O)(=O)c2ccccc2)CC(=O)N1c1ccc(Cl)cc1. The Hall–Kier alpha value is -2.42. The minimum absolute atomic E-state index is 0.0790. The van der Waals surface area contributed by atoms with Crippen molar-refractivity contribution in [2.75, 3.05) is 24.5 Å². The van der Waals surface area contributed by atoms with Crippen LogP contribution in [-0.4, -0.2) is 49.7 Å². The first kappa shape index (κ1) is 24.2. The van der Waals surface area contributed by atoms with Crippen molar-refractivity contribution >= 4 is 39.1 Å². The lowest BCUT2D eigenvalue weighted by atomic mass is 9.94. The zero-order valence-electron chi connectivity index (χ0n) is 18.4. The summed E-state index contributed by atoms with van der Waals surface area (Å²) >= 11 is 6.00. The number of hydrogen-bond acceptors (Lipinski definition) is 4. The van der Waals surface area contributed by atoms with Gasteiger partial charge in [-0.25, -0.2) is 8.42 Å². The third-order valence-electron chi connectivity index (χ3n) is 5.50. The van der Waals surface area contributed by atoms with Crippen LogP contribution in [0.25, 0.3) is 0 Å². The molecule has 32 heavy (non-hydrogen) atoms. The second-order valence-corrected chi connectivity index (χ2v) is 10.9. The van der Waals surface area contributed by atoms with Crippen LogP contribution in [-0.2, 0) is 19.6 Å². The molecule has 1 aliphatic rings. The molecule has 1 saturated heterocycles. The number of nitrogens with one attached hydrogen (secondary N) is 1. The van der Waals surface area contributed by atoms with Gasteiger partial charge in [-0.15, -0.1) is 0 Å². The molecule has 1 atom stereocenters. The molecule has 0 bridgehead atoms. The molecule has 1 aliphatic heterocycles. The molecule has 0 radical (unpaired) electrons. The molecule has 0 unspecified atom stereocenters. The highest BCUT2D eigenvalue weighted by Gasteiger charge is 2.51. The molecule has 0 saturated carbocycles. The minimum Gasteiger partial charge on any atom is -0.354 e. The van der Waals surface area contributed by atoms with Gasteiger partial charge in [0.1, 0.15) is 5.54 Å². The van der Waals surface area contributed by atoms with Gasteiger partial charge in [0, 0.05) is 23.8 Å². The molecular weight excluding hydrogens is 450 g/mol. The van der Waals surface area contributed by atoms with Crippen molar-refractivity contribution < 1.29 is 18.0 Å². The standard InChI is InChI=1S/C23H28ClN3O4S/c1-17(2)13-14-25-22(29)23(3)16-26(32(30,31)20-7-5-4-6-8-20)15-21(28)27(23)19-11-9-18(24)10-12-19/h4-12,17H,13-16H2,1-3H3,(H,25,29)/t23-/m1/s1. The quantitative estimate of drug-likeness (QED) is 0.662. The second kappa shape index (κ2) is 9.60. The van der Waals surface area contributed by atoms with E-state index >= 15 is 0 Å². The average molecular weight is 478 g/mol. The zero-order valence-corrected chi connectivity index (χ0v) is 20.0. The van der Waals surface area contributed by atoms with Crippen molar-refractivity contribution in [3.8, 4) is 0 Å². The lowest BCUT2D eigenvalue weighted by Gasteiger charge is -2.46. The molecule has 2 aromatic rings. The Balaban J connectivity index is 1.99. The summed E-state index contributed by atoms with van der Waals surface area (Å²) in [6.45, 7) is 5.58. The predicted molar refractivity (Wildman–Crippen MR) is 125 cm³/mol. The molecule has 3 rings (SSSR count). The van der Waals surface area contributed by atoms with Crippen LogP contribution in [0.5, 0.6) is 0 Å². The van der Waals surface area contributed by atoms with E-state index in [4.69, 9.17) is 11.6 Å². The Labute approximate surface area is 194 Å². The van der Waals surface area contributed by atoms with Crippen molar-refractivity contribution in [2.24, 2.45) is 5.92 Å². The monoisotopic (exact) mass is 477 g/mol. The highest BCUT2D eigenvalue weighted by Crippen LogP contribution is 2.32. The van der Waals surface area contributed by atoms with Crippen LogP contribution < -0.4 is 10.2 Å². The van der Waals surface area contributed by atoms with E-state index in [0.29, 0.717) is 23.2 Å². The van der Waals surface area contributed by atoms with Crippen LogP contribution in [0.15, 0.2) is 59.5 Å². The molecule has 0 aromatic heterocycles. The number of sulfonamides is 1. The van der Waals surface area contributed by atoms with Gasteiger partial charge in [0.25, 0.3) is 0 Å². The van der Waals surface area contributed by atoms with Gasteiger partial charge in [0.2, 0.25) is 21.8 Å². The third-order valence-corrected chi connectivity index (χ3v) is 7.56. The highest BCUT2D eigenvalue weighted by atomic mass is 35.5. The summed E-state index contributed by atoms with van der Waals surface area (Å²) < 4.78 is 27.6. The summed E-state index contributed by atoms with van der Waals surface area (Å²) in [4.78, 5) is 28.1. The molecule has 0 spiro atoms. The number of benzene rings is 2. The van der Waals surface area contributed by atoms with E-state index in [1.54, 1.807) is 49.4 Å². The van der Waals surface area contributed by atoms with Crippen molar-refractivity contribution in [3.63, 3.8) is 0 Å². The van der Waals surface area contributed by atoms with Crippen molar-refractivity contribution in [1.29, 1.82) is 0 Å². The van der Waals surface area contributed by atoms with Crippen molar-refractivity contribution in [1.82, 2.24) is 9.62 Å². The summed E-state index contributed by atoms with van der Waals surface area (Å²) in [6.07, 6.45) is 0.767. The van der Waals surface area contributed by atoms with Crippen LogP contribution >= 0.6 is 11.6 Å². The zero-order chi connectivity index (χ0) is 23.5. The average Bonchev–Trinajstić information content (AvgIpc) is 2.75. The normalized spacial score (nSPS) is 19.9. The first-order valence-corrected chi connectivity index (χ1v) is 12.3.